The van der Waals surface area contributed by atoms with E-state index < -0.39 is 11.7 Å². The molecule has 0 amide bonds. The lowest BCUT2D eigenvalue weighted by Crippen LogP contribution is -2.39. The molecule has 1 fully saturated rings. The van der Waals surface area contributed by atoms with Crippen LogP contribution in [0.1, 0.15) is 35.2 Å². The number of hydrogen-bond donors (Lipinski definition) is 1. The van der Waals surface area contributed by atoms with Gasteiger partial charge < -0.3 is 15.4 Å². The summed E-state index contributed by atoms with van der Waals surface area (Å²) in [5.74, 6) is 0.421. The number of rotatable bonds is 3. The van der Waals surface area contributed by atoms with E-state index in [1.165, 1.54) is 18.2 Å². The second kappa shape index (κ2) is 7.58. The molecule has 28 heavy (non-hydrogen) atoms. The van der Waals surface area contributed by atoms with Crippen molar-refractivity contribution in [2.45, 2.75) is 39.0 Å². The van der Waals surface area contributed by atoms with Crippen LogP contribution in [0.5, 0.6) is 5.75 Å². The largest absolute Gasteiger partial charge is 0.490 e. The predicted molar refractivity (Wildman–Crippen MR) is 100 cm³/mol. The van der Waals surface area contributed by atoms with Crippen LogP contribution in [0.2, 0.25) is 0 Å². The van der Waals surface area contributed by atoms with Gasteiger partial charge in [0, 0.05) is 25.9 Å². The molecule has 1 aromatic heterocycles. The summed E-state index contributed by atoms with van der Waals surface area (Å²) in [5, 5.41) is 9.50. The number of benzene rings is 1. The SMILES string of the molecule is Cc1nc(N2CCC(Oc3ccccc3C(F)(F)F)CC2)c(C#N)c(C)c1N. The van der Waals surface area contributed by atoms with Gasteiger partial charge >= 0.3 is 6.18 Å². The highest BCUT2D eigenvalue weighted by Crippen LogP contribution is 2.37. The Kier molecular flexibility index (Phi) is 5.36. The fraction of sp³-hybridized carbons (Fsp3) is 0.400. The standard InChI is InChI=1S/C20H21F3N4O/c1-12-15(11-24)19(26-13(2)18(12)25)27-9-7-14(8-10-27)28-17-6-4-3-5-16(17)20(21,22)23/h3-6,14H,7-10,25H2,1-2H3. The molecule has 5 nitrogen and oxygen atoms in total. The van der Waals surface area contributed by atoms with Gasteiger partial charge in [-0.25, -0.2) is 4.98 Å². The Morgan fingerprint density at radius 1 is 1.21 bits per heavy atom. The molecule has 2 heterocycles. The molecule has 0 aliphatic carbocycles. The zero-order valence-electron chi connectivity index (χ0n) is 15.7. The maximum Gasteiger partial charge on any atom is 0.419 e. The zero-order valence-corrected chi connectivity index (χ0v) is 15.7. The van der Waals surface area contributed by atoms with Gasteiger partial charge in [0.05, 0.1) is 22.5 Å². The lowest BCUT2D eigenvalue weighted by Gasteiger charge is -2.34. The van der Waals surface area contributed by atoms with Crippen molar-refractivity contribution in [2.75, 3.05) is 23.7 Å². The van der Waals surface area contributed by atoms with Crippen LogP contribution in [0.3, 0.4) is 0 Å². The third-order valence-corrected chi connectivity index (χ3v) is 5.01. The van der Waals surface area contributed by atoms with Crippen LogP contribution in [-0.2, 0) is 6.18 Å². The van der Waals surface area contributed by atoms with Crippen molar-refractivity contribution in [2.24, 2.45) is 0 Å². The maximum absolute atomic E-state index is 13.1. The maximum atomic E-state index is 13.1. The highest BCUT2D eigenvalue weighted by atomic mass is 19.4. The van der Waals surface area contributed by atoms with Gasteiger partial charge in [-0.3, -0.25) is 0 Å². The molecule has 0 atom stereocenters. The first-order valence-corrected chi connectivity index (χ1v) is 8.97. The number of anilines is 2. The molecule has 3 rings (SSSR count). The summed E-state index contributed by atoms with van der Waals surface area (Å²) < 4.78 is 45.1. The van der Waals surface area contributed by atoms with Gasteiger partial charge in [0.2, 0.25) is 0 Å². The molecular formula is C20H21F3N4O. The van der Waals surface area contributed by atoms with Gasteiger partial charge in [-0.1, -0.05) is 12.1 Å². The molecule has 0 bridgehead atoms. The minimum Gasteiger partial charge on any atom is -0.490 e. The highest BCUT2D eigenvalue weighted by Gasteiger charge is 2.35. The third kappa shape index (κ3) is 3.84. The number of pyridine rings is 1. The monoisotopic (exact) mass is 390 g/mol. The normalized spacial score (nSPS) is 15.4. The molecule has 0 spiro atoms. The number of nitrogens with zero attached hydrogens (tertiary/aromatic N) is 3. The molecule has 148 valence electrons. The van der Waals surface area contributed by atoms with E-state index >= 15 is 0 Å². The molecule has 2 N–H and O–H groups in total. The fourth-order valence-electron chi connectivity index (χ4n) is 3.38. The summed E-state index contributed by atoms with van der Waals surface area (Å²) in [6.07, 6.45) is -3.73. The summed E-state index contributed by atoms with van der Waals surface area (Å²) in [6, 6.07) is 7.41. The number of alkyl halides is 3. The summed E-state index contributed by atoms with van der Waals surface area (Å²) >= 11 is 0. The topological polar surface area (TPSA) is 75.2 Å². The average Bonchev–Trinajstić information content (AvgIpc) is 2.66. The van der Waals surface area contributed by atoms with E-state index in [1.807, 2.05) is 4.90 Å². The van der Waals surface area contributed by atoms with E-state index in [4.69, 9.17) is 10.5 Å². The molecule has 8 heteroatoms. The average molecular weight is 390 g/mol. The molecule has 0 unspecified atom stereocenters. The summed E-state index contributed by atoms with van der Waals surface area (Å²) in [6.45, 7) is 4.64. The van der Waals surface area contributed by atoms with E-state index in [-0.39, 0.29) is 11.9 Å². The molecule has 1 aliphatic heterocycles. The fourth-order valence-corrected chi connectivity index (χ4v) is 3.38. The Morgan fingerprint density at radius 2 is 1.86 bits per heavy atom. The van der Waals surface area contributed by atoms with Gasteiger partial charge in [0.1, 0.15) is 23.7 Å². The minimum absolute atomic E-state index is 0.150. The van der Waals surface area contributed by atoms with E-state index in [1.54, 1.807) is 13.8 Å². The number of para-hydroxylation sites is 1. The Bertz CT molecular complexity index is 913. The molecular weight excluding hydrogens is 369 g/mol. The van der Waals surface area contributed by atoms with Gasteiger partial charge in [0.15, 0.2) is 0 Å². The molecule has 1 saturated heterocycles. The van der Waals surface area contributed by atoms with Crippen LogP contribution in [0, 0.1) is 25.2 Å². The van der Waals surface area contributed by atoms with Gasteiger partial charge in [-0.05, 0) is 31.5 Å². The lowest BCUT2D eigenvalue weighted by molar-refractivity contribution is -0.139. The number of nitrogens with two attached hydrogens (primary N) is 1. The molecule has 1 aromatic carbocycles. The Labute approximate surface area is 161 Å². The summed E-state index contributed by atoms with van der Waals surface area (Å²) in [5.41, 5.74) is 7.49. The second-order valence-corrected chi connectivity index (χ2v) is 6.84. The molecule has 1 aliphatic rings. The van der Waals surface area contributed by atoms with Crippen LogP contribution < -0.4 is 15.4 Å². The van der Waals surface area contributed by atoms with Crippen LogP contribution in [-0.4, -0.2) is 24.2 Å². The molecule has 0 saturated carbocycles. The quantitative estimate of drug-likeness (QED) is 0.849. The molecule has 0 radical (unpaired) electrons. The number of nitrogen functional groups attached to an aromatic ring is 1. The number of ether oxygens (including phenoxy) is 1. The minimum atomic E-state index is -4.46. The van der Waals surface area contributed by atoms with E-state index in [0.717, 1.165) is 6.07 Å². The Hall–Kier alpha value is -2.95. The van der Waals surface area contributed by atoms with Crippen LogP contribution in [0.4, 0.5) is 24.7 Å². The van der Waals surface area contributed by atoms with Crippen molar-refractivity contribution in [3.63, 3.8) is 0 Å². The predicted octanol–water partition coefficient (Wildman–Crippen LogP) is 4.22. The van der Waals surface area contributed by atoms with Crippen molar-refractivity contribution in [3.05, 3.63) is 46.6 Å². The number of piperidine rings is 1. The van der Waals surface area contributed by atoms with Gasteiger partial charge in [-0.15, -0.1) is 0 Å². The van der Waals surface area contributed by atoms with Crippen LogP contribution >= 0.6 is 0 Å². The highest BCUT2D eigenvalue weighted by molar-refractivity contribution is 5.67. The van der Waals surface area contributed by atoms with Crippen molar-refractivity contribution in [3.8, 4) is 11.8 Å². The number of nitriles is 1. The van der Waals surface area contributed by atoms with Crippen molar-refractivity contribution < 1.29 is 17.9 Å². The first-order valence-electron chi connectivity index (χ1n) is 8.97. The summed E-state index contributed by atoms with van der Waals surface area (Å²) in [4.78, 5) is 6.44. The smallest absolute Gasteiger partial charge is 0.419 e. The van der Waals surface area contributed by atoms with Gasteiger partial charge in [0.25, 0.3) is 0 Å². The van der Waals surface area contributed by atoms with E-state index in [9.17, 15) is 18.4 Å². The summed E-state index contributed by atoms with van der Waals surface area (Å²) in [7, 11) is 0. The number of aryl methyl sites for hydroxylation is 1. The third-order valence-electron chi connectivity index (χ3n) is 5.01. The first-order chi connectivity index (χ1) is 13.2. The number of hydrogen-bond acceptors (Lipinski definition) is 5. The molecule has 2 aromatic rings. The van der Waals surface area contributed by atoms with Crippen molar-refractivity contribution in [1.29, 1.82) is 5.26 Å². The van der Waals surface area contributed by atoms with Crippen molar-refractivity contribution >= 4 is 11.5 Å². The first kappa shape index (κ1) is 19.8. The Morgan fingerprint density at radius 3 is 2.46 bits per heavy atom. The van der Waals surface area contributed by atoms with Crippen LogP contribution in [0.15, 0.2) is 24.3 Å². The van der Waals surface area contributed by atoms with Crippen LogP contribution in [0.25, 0.3) is 0 Å². The number of halogens is 3. The van der Waals surface area contributed by atoms with Crippen molar-refractivity contribution in [1.82, 2.24) is 4.98 Å². The lowest BCUT2D eigenvalue weighted by atomic mass is 10.0. The van der Waals surface area contributed by atoms with Gasteiger partial charge in [-0.2, -0.15) is 18.4 Å². The second-order valence-electron chi connectivity index (χ2n) is 6.84. The zero-order chi connectivity index (χ0) is 20.5. The van der Waals surface area contributed by atoms with E-state index in [2.05, 4.69) is 11.1 Å². The van der Waals surface area contributed by atoms with E-state index in [0.29, 0.717) is 54.3 Å². The number of aromatic nitrogens is 1. The Balaban J connectivity index is 1.74.